The Kier molecular flexibility index (Phi) is 5.22. The molecule has 2 aliphatic rings. The standard InChI is InChI=1S/C24H22N2O5S/c27-24(18-5-2-1-3-6-18)26-12-4-7-17-8-9-19(15-21(17)26)25-32(28,29)20-10-11-22-23(16-20)31-14-13-30-22/h1-3,5-6,8-11,15-16,25H,4,7,12-14H2. The maximum Gasteiger partial charge on any atom is 0.262 e. The minimum atomic E-state index is -3.85. The number of hydrogen-bond acceptors (Lipinski definition) is 5. The first-order valence-corrected chi connectivity index (χ1v) is 11.9. The van der Waals surface area contributed by atoms with Crippen molar-refractivity contribution in [2.45, 2.75) is 17.7 Å². The summed E-state index contributed by atoms with van der Waals surface area (Å²) in [6, 6.07) is 19.0. The van der Waals surface area contributed by atoms with E-state index in [0.29, 0.717) is 42.5 Å². The molecule has 1 amide bonds. The zero-order chi connectivity index (χ0) is 22.1. The Morgan fingerprint density at radius 3 is 2.50 bits per heavy atom. The molecule has 0 fully saturated rings. The molecule has 1 N–H and O–H groups in total. The molecule has 0 spiro atoms. The van der Waals surface area contributed by atoms with Crippen LogP contribution in [0.25, 0.3) is 0 Å². The second-order valence-electron chi connectivity index (χ2n) is 7.68. The first-order valence-electron chi connectivity index (χ1n) is 10.4. The number of fused-ring (bicyclic) bond motifs is 2. The Bertz CT molecular complexity index is 1270. The molecule has 2 heterocycles. The number of anilines is 2. The lowest BCUT2D eigenvalue weighted by Crippen LogP contribution is -2.35. The van der Waals surface area contributed by atoms with E-state index in [0.717, 1.165) is 24.1 Å². The van der Waals surface area contributed by atoms with Crippen LogP contribution in [0.2, 0.25) is 0 Å². The van der Waals surface area contributed by atoms with Gasteiger partial charge in [0.05, 0.1) is 10.6 Å². The van der Waals surface area contributed by atoms with Gasteiger partial charge in [0.15, 0.2) is 11.5 Å². The molecule has 0 bridgehead atoms. The molecule has 3 aromatic carbocycles. The van der Waals surface area contributed by atoms with Gasteiger partial charge in [-0.1, -0.05) is 24.3 Å². The predicted molar refractivity (Wildman–Crippen MR) is 121 cm³/mol. The summed E-state index contributed by atoms with van der Waals surface area (Å²) in [5.74, 6) is 0.835. The number of hydrogen-bond donors (Lipinski definition) is 1. The van der Waals surface area contributed by atoms with Crippen molar-refractivity contribution in [2.24, 2.45) is 0 Å². The van der Waals surface area contributed by atoms with Crippen LogP contribution in [0.4, 0.5) is 11.4 Å². The SMILES string of the molecule is O=C(c1ccccc1)N1CCCc2ccc(NS(=O)(=O)c3ccc4c(c3)OCCO4)cc21. The molecule has 0 saturated carbocycles. The second kappa shape index (κ2) is 8.20. The smallest absolute Gasteiger partial charge is 0.262 e. The van der Waals surface area contributed by atoms with Crippen LogP contribution in [0.3, 0.4) is 0 Å². The lowest BCUT2D eigenvalue weighted by Gasteiger charge is -2.30. The first kappa shape index (κ1) is 20.4. The van der Waals surface area contributed by atoms with Crippen LogP contribution < -0.4 is 19.1 Å². The quantitative estimate of drug-likeness (QED) is 0.653. The van der Waals surface area contributed by atoms with Crippen molar-refractivity contribution in [3.05, 3.63) is 77.9 Å². The zero-order valence-corrected chi connectivity index (χ0v) is 18.1. The van der Waals surface area contributed by atoms with Gasteiger partial charge in [-0.15, -0.1) is 0 Å². The molecule has 3 aromatic rings. The molecule has 164 valence electrons. The van der Waals surface area contributed by atoms with Gasteiger partial charge in [-0.25, -0.2) is 8.42 Å². The molecule has 0 aromatic heterocycles. The van der Waals surface area contributed by atoms with Gasteiger partial charge in [-0.3, -0.25) is 9.52 Å². The Hall–Kier alpha value is -3.52. The van der Waals surface area contributed by atoms with Gasteiger partial charge in [0.1, 0.15) is 13.2 Å². The number of benzene rings is 3. The minimum absolute atomic E-state index is 0.0803. The third-order valence-electron chi connectivity index (χ3n) is 5.55. The van der Waals surface area contributed by atoms with Gasteiger partial charge in [0.25, 0.3) is 15.9 Å². The summed E-state index contributed by atoms with van der Waals surface area (Å²) in [5, 5.41) is 0. The fourth-order valence-electron chi connectivity index (χ4n) is 3.99. The van der Waals surface area contributed by atoms with E-state index in [1.54, 1.807) is 35.2 Å². The van der Waals surface area contributed by atoms with Crippen LogP contribution in [0.15, 0.2) is 71.6 Å². The third-order valence-corrected chi connectivity index (χ3v) is 6.92. The van der Waals surface area contributed by atoms with E-state index in [4.69, 9.17) is 9.47 Å². The highest BCUT2D eigenvalue weighted by molar-refractivity contribution is 7.92. The number of aryl methyl sites for hydroxylation is 1. The Morgan fingerprint density at radius 2 is 1.69 bits per heavy atom. The molecule has 0 unspecified atom stereocenters. The predicted octanol–water partition coefficient (Wildman–Crippen LogP) is 3.85. The highest BCUT2D eigenvalue weighted by Gasteiger charge is 2.25. The fourth-order valence-corrected chi connectivity index (χ4v) is 5.06. The lowest BCUT2D eigenvalue weighted by atomic mass is 10.00. The van der Waals surface area contributed by atoms with Crippen LogP contribution in [0.1, 0.15) is 22.3 Å². The molecule has 0 atom stereocenters. The number of sulfonamides is 1. The molecular weight excluding hydrogens is 428 g/mol. The molecule has 8 heteroatoms. The van der Waals surface area contributed by atoms with Gasteiger partial charge in [-0.05, 0) is 54.8 Å². The molecule has 0 saturated heterocycles. The van der Waals surface area contributed by atoms with Crippen molar-refractivity contribution >= 4 is 27.3 Å². The van der Waals surface area contributed by atoms with Crippen LogP contribution >= 0.6 is 0 Å². The van der Waals surface area contributed by atoms with Crippen LogP contribution in [0.5, 0.6) is 11.5 Å². The maximum atomic E-state index is 13.1. The molecule has 7 nitrogen and oxygen atoms in total. The monoisotopic (exact) mass is 450 g/mol. The van der Waals surface area contributed by atoms with Crippen LogP contribution in [0, 0.1) is 0 Å². The van der Waals surface area contributed by atoms with Crippen molar-refractivity contribution in [3.63, 3.8) is 0 Å². The molecule has 32 heavy (non-hydrogen) atoms. The first-order chi connectivity index (χ1) is 15.5. The van der Waals surface area contributed by atoms with Gasteiger partial charge < -0.3 is 14.4 Å². The van der Waals surface area contributed by atoms with Crippen LogP contribution in [-0.4, -0.2) is 34.1 Å². The second-order valence-corrected chi connectivity index (χ2v) is 9.36. The van der Waals surface area contributed by atoms with Gasteiger partial charge in [0.2, 0.25) is 0 Å². The van der Waals surface area contributed by atoms with Gasteiger partial charge >= 0.3 is 0 Å². The Balaban J connectivity index is 1.44. The number of nitrogens with one attached hydrogen (secondary N) is 1. The summed E-state index contributed by atoms with van der Waals surface area (Å²) < 4.78 is 39.6. The third kappa shape index (κ3) is 3.89. The maximum absolute atomic E-state index is 13.1. The average molecular weight is 451 g/mol. The van der Waals surface area contributed by atoms with Crippen LogP contribution in [-0.2, 0) is 16.4 Å². The number of rotatable bonds is 4. The Morgan fingerprint density at radius 1 is 0.906 bits per heavy atom. The number of amides is 1. The molecule has 0 radical (unpaired) electrons. The van der Waals surface area contributed by atoms with E-state index in [1.807, 2.05) is 24.3 Å². The van der Waals surface area contributed by atoms with Gasteiger partial charge in [-0.2, -0.15) is 0 Å². The molecule has 0 aliphatic carbocycles. The zero-order valence-electron chi connectivity index (χ0n) is 17.3. The largest absolute Gasteiger partial charge is 0.486 e. The van der Waals surface area contributed by atoms with E-state index in [-0.39, 0.29) is 10.8 Å². The highest BCUT2D eigenvalue weighted by Crippen LogP contribution is 2.34. The number of carbonyl (C=O) groups is 1. The molecular formula is C24H22N2O5S. The summed E-state index contributed by atoms with van der Waals surface area (Å²) >= 11 is 0. The van der Waals surface area contributed by atoms with Crippen molar-refractivity contribution < 1.29 is 22.7 Å². The topological polar surface area (TPSA) is 84.9 Å². The van der Waals surface area contributed by atoms with Crippen molar-refractivity contribution in [1.29, 1.82) is 0 Å². The minimum Gasteiger partial charge on any atom is -0.486 e. The van der Waals surface area contributed by atoms with Crippen molar-refractivity contribution in [1.82, 2.24) is 0 Å². The summed E-state index contributed by atoms with van der Waals surface area (Å²) in [7, 11) is -3.85. The molecule has 5 rings (SSSR count). The highest BCUT2D eigenvalue weighted by atomic mass is 32.2. The summed E-state index contributed by atoms with van der Waals surface area (Å²) in [5.41, 5.74) is 2.74. The van der Waals surface area contributed by atoms with E-state index < -0.39 is 10.0 Å². The summed E-state index contributed by atoms with van der Waals surface area (Å²) in [4.78, 5) is 14.9. The average Bonchev–Trinajstić information content (AvgIpc) is 2.83. The summed E-state index contributed by atoms with van der Waals surface area (Å²) in [6.45, 7) is 1.39. The van der Waals surface area contributed by atoms with E-state index >= 15 is 0 Å². The van der Waals surface area contributed by atoms with E-state index in [1.165, 1.54) is 12.1 Å². The summed E-state index contributed by atoms with van der Waals surface area (Å²) in [6.07, 6.45) is 1.69. The van der Waals surface area contributed by atoms with E-state index in [2.05, 4.69) is 4.72 Å². The normalized spacial score (nSPS) is 15.1. The number of ether oxygens (including phenoxy) is 2. The number of carbonyl (C=O) groups excluding carboxylic acids is 1. The molecule has 2 aliphatic heterocycles. The Labute approximate surface area is 186 Å². The van der Waals surface area contributed by atoms with Crippen molar-refractivity contribution in [3.8, 4) is 11.5 Å². The van der Waals surface area contributed by atoms with Gasteiger partial charge in [0, 0.05) is 23.9 Å². The number of nitrogens with zero attached hydrogens (tertiary/aromatic N) is 1. The fraction of sp³-hybridized carbons (Fsp3) is 0.208. The lowest BCUT2D eigenvalue weighted by molar-refractivity contribution is 0.0985. The van der Waals surface area contributed by atoms with Crippen molar-refractivity contribution in [2.75, 3.05) is 29.4 Å². The van der Waals surface area contributed by atoms with E-state index in [9.17, 15) is 13.2 Å².